The molecule has 4 N–H and O–H groups in total. The minimum Gasteiger partial charge on any atom is -0.488 e. The van der Waals surface area contributed by atoms with E-state index in [1.54, 1.807) is 18.2 Å². The fraction of sp³-hybridized carbons (Fsp3) is 0.263. The molecule has 150 valence electrons. The second-order valence-corrected chi connectivity index (χ2v) is 6.54. The van der Waals surface area contributed by atoms with E-state index >= 15 is 0 Å². The zero-order valence-electron chi connectivity index (χ0n) is 16.3. The van der Waals surface area contributed by atoms with Crippen LogP contribution in [0.25, 0.3) is 0 Å². The monoisotopic (exact) mass is 405 g/mol. The van der Waals surface area contributed by atoms with Gasteiger partial charge in [-0.15, -0.1) is 0 Å². The van der Waals surface area contributed by atoms with E-state index < -0.39 is 6.03 Å². The van der Waals surface area contributed by atoms with E-state index in [9.17, 15) is 4.79 Å². The number of carbonyl (C=O) groups is 1. The molecule has 0 fully saturated rings. The van der Waals surface area contributed by atoms with Gasteiger partial charge in [0.05, 0.1) is 11.4 Å². The van der Waals surface area contributed by atoms with Crippen molar-refractivity contribution in [1.29, 1.82) is 0 Å². The Morgan fingerprint density at radius 3 is 2.57 bits per heavy atom. The molecule has 9 heteroatoms. The first-order valence-corrected chi connectivity index (χ1v) is 8.80. The lowest BCUT2D eigenvalue weighted by molar-refractivity contribution is 0.213. The average Bonchev–Trinajstić information content (AvgIpc) is 2.66. The number of hydrazine groups is 2. The third-order valence-corrected chi connectivity index (χ3v) is 4.41. The lowest BCUT2D eigenvalue weighted by Crippen LogP contribution is -2.49. The maximum atomic E-state index is 12.1. The standard InChI is InChI=1S/C19H24ClN5O3/c1-12-10-14(13(2)23-27-4)8-9-18(12)28-11-15-16(20)6-5-7-17(15)25(22)19(26)24(3)21/h5-10H,11,21-22H2,1-4H3. The van der Waals surface area contributed by atoms with Gasteiger partial charge in [-0.2, -0.15) is 0 Å². The van der Waals surface area contributed by atoms with Crippen LogP contribution in [0.4, 0.5) is 10.5 Å². The molecular formula is C19H24ClN5O3. The zero-order valence-corrected chi connectivity index (χ0v) is 17.0. The van der Waals surface area contributed by atoms with Gasteiger partial charge in [0.25, 0.3) is 0 Å². The Morgan fingerprint density at radius 2 is 1.96 bits per heavy atom. The quantitative estimate of drug-likeness (QED) is 0.332. The van der Waals surface area contributed by atoms with Crippen molar-refractivity contribution in [3.05, 3.63) is 58.1 Å². The number of hydrogen-bond donors (Lipinski definition) is 2. The molecule has 8 nitrogen and oxygen atoms in total. The van der Waals surface area contributed by atoms with E-state index in [1.807, 2.05) is 32.0 Å². The van der Waals surface area contributed by atoms with Gasteiger partial charge >= 0.3 is 6.03 Å². The van der Waals surface area contributed by atoms with Gasteiger partial charge in [0, 0.05) is 17.6 Å². The normalized spacial score (nSPS) is 11.2. The molecule has 0 aliphatic carbocycles. The number of carbonyl (C=O) groups excluding carboxylic acids is 1. The molecule has 2 amide bonds. The molecule has 28 heavy (non-hydrogen) atoms. The summed E-state index contributed by atoms with van der Waals surface area (Å²) in [5.74, 6) is 12.1. The van der Waals surface area contributed by atoms with Crippen LogP contribution < -0.4 is 21.4 Å². The van der Waals surface area contributed by atoms with Crippen molar-refractivity contribution >= 4 is 29.0 Å². The van der Waals surface area contributed by atoms with Crippen LogP contribution in [0.15, 0.2) is 41.6 Å². The predicted octanol–water partition coefficient (Wildman–Crippen LogP) is 3.20. The topological polar surface area (TPSA) is 106 Å². The summed E-state index contributed by atoms with van der Waals surface area (Å²) in [6.07, 6.45) is 0. The Balaban J connectivity index is 2.26. The van der Waals surface area contributed by atoms with Crippen molar-refractivity contribution < 1.29 is 14.4 Å². The van der Waals surface area contributed by atoms with Crippen molar-refractivity contribution in [1.82, 2.24) is 5.01 Å². The number of ether oxygens (including phenoxy) is 1. The summed E-state index contributed by atoms with van der Waals surface area (Å²) in [7, 11) is 2.91. The molecule has 0 heterocycles. The number of hydrogen-bond acceptors (Lipinski definition) is 6. The number of rotatable bonds is 6. The van der Waals surface area contributed by atoms with Gasteiger partial charge in [-0.1, -0.05) is 22.8 Å². The van der Waals surface area contributed by atoms with Crippen LogP contribution in [-0.4, -0.2) is 30.9 Å². The van der Waals surface area contributed by atoms with E-state index in [1.165, 1.54) is 14.2 Å². The number of halogens is 1. The number of anilines is 1. The van der Waals surface area contributed by atoms with Crippen LogP contribution in [0.2, 0.25) is 5.02 Å². The van der Waals surface area contributed by atoms with Crippen molar-refractivity contribution in [2.24, 2.45) is 16.8 Å². The summed E-state index contributed by atoms with van der Waals surface area (Å²) in [5, 5.41) is 6.18. The van der Waals surface area contributed by atoms with Crippen molar-refractivity contribution in [3.8, 4) is 5.75 Å². The first-order chi connectivity index (χ1) is 13.3. The lowest BCUT2D eigenvalue weighted by atomic mass is 10.1. The summed E-state index contributed by atoms with van der Waals surface area (Å²) in [6, 6.07) is 10.2. The van der Waals surface area contributed by atoms with Gasteiger partial charge in [0.2, 0.25) is 0 Å². The highest BCUT2D eigenvalue weighted by molar-refractivity contribution is 6.31. The fourth-order valence-electron chi connectivity index (χ4n) is 2.56. The van der Waals surface area contributed by atoms with E-state index in [0.717, 1.165) is 26.9 Å². The molecule has 0 saturated heterocycles. The summed E-state index contributed by atoms with van der Waals surface area (Å²) in [4.78, 5) is 16.9. The molecule has 0 unspecified atom stereocenters. The Hall–Kier alpha value is -2.81. The van der Waals surface area contributed by atoms with Gasteiger partial charge in [0.1, 0.15) is 19.5 Å². The number of oxime groups is 1. The number of nitrogens with two attached hydrogens (primary N) is 2. The summed E-state index contributed by atoms with van der Waals surface area (Å²) >= 11 is 6.32. The molecule has 0 aliphatic heterocycles. The molecule has 0 spiro atoms. The van der Waals surface area contributed by atoms with Crippen LogP contribution in [0, 0.1) is 6.92 Å². The van der Waals surface area contributed by atoms with Gasteiger partial charge in [-0.3, -0.25) is 5.01 Å². The Kier molecular flexibility index (Phi) is 7.22. The molecule has 0 saturated carbocycles. The molecule has 2 aromatic rings. The number of aryl methyl sites for hydroxylation is 1. The Labute approximate surface area is 169 Å². The molecule has 0 bridgehead atoms. The van der Waals surface area contributed by atoms with Gasteiger partial charge in [-0.25, -0.2) is 21.5 Å². The van der Waals surface area contributed by atoms with Gasteiger partial charge < -0.3 is 9.57 Å². The Morgan fingerprint density at radius 1 is 1.25 bits per heavy atom. The number of nitrogens with zero attached hydrogens (tertiary/aromatic N) is 3. The third-order valence-electron chi connectivity index (χ3n) is 4.05. The van der Waals surface area contributed by atoms with Crippen LogP contribution >= 0.6 is 11.6 Å². The zero-order chi connectivity index (χ0) is 20.8. The molecule has 2 rings (SSSR count). The van der Waals surface area contributed by atoms with Crippen molar-refractivity contribution in [2.75, 3.05) is 19.2 Å². The van der Waals surface area contributed by atoms with Crippen molar-refractivity contribution in [2.45, 2.75) is 20.5 Å². The van der Waals surface area contributed by atoms with E-state index in [-0.39, 0.29) is 6.61 Å². The second-order valence-electron chi connectivity index (χ2n) is 6.13. The summed E-state index contributed by atoms with van der Waals surface area (Å²) < 4.78 is 5.94. The van der Waals surface area contributed by atoms with E-state index in [0.29, 0.717) is 22.0 Å². The van der Waals surface area contributed by atoms with Crippen molar-refractivity contribution in [3.63, 3.8) is 0 Å². The van der Waals surface area contributed by atoms with Crippen LogP contribution in [0.3, 0.4) is 0 Å². The highest BCUT2D eigenvalue weighted by Crippen LogP contribution is 2.29. The molecular weight excluding hydrogens is 382 g/mol. The molecule has 0 aromatic heterocycles. The first-order valence-electron chi connectivity index (χ1n) is 8.42. The highest BCUT2D eigenvalue weighted by Gasteiger charge is 2.19. The summed E-state index contributed by atoms with van der Waals surface area (Å²) in [5.41, 5.74) is 3.58. The Bertz CT molecular complexity index is 886. The van der Waals surface area contributed by atoms with Crippen LogP contribution in [-0.2, 0) is 11.4 Å². The van der Waals surface area contributed by atoms with E-state index in [2.05, 4.69) is 5.16 Å². The average molecular weight is 406 g/mol. The number of urea groups is 1. The maximum Gasteiger partial charge on any atom is 0.352 e. The molecule has 0 atom stereocenters. The number of benzene rings is 2. The summed E-state index contributed by atoms with van der Waals surface area (Å²) in [6.45, 7) is 3.90. The minimum atomic E-state index is -0.586. The molecule has 0 radical (unpaired) electrons. The van der Waals surface area contributed by atoms with Gasteiger partial charge in [-0.05, 0) is 55.3 Å². The third kappa shape index (κ3) is 4.92. The smallest absolute Gasteiger partial charge is 0.352 e. The minimum absolute atomic E-state index is 0.121. The second kappa shape index (κ2) is 9.41. The predicted molar refractivity (Wildman–Crippen MR) is 110 cm³/mol. The van der Waals surface area contributed by atoms with Gasteiger partial charge in [0.15, 0.2) is 0 Å². The largest absolute Gasteiger partial charge is 0.488 e. The lowest BCUT2D eigenvalue weighted by Gasteiger charge is -2.24. The van der Waals surface area contributed by atoms with E-state index in [4.69, 9.17) is 32.9 Å². The molecule has 0 aliphatic rings. The fourth-order valence-corrected chi connectivity index (χ4v) is 2.79. The first kappa shape index (κ1) is 21.5. The van der Waals surface area contributed by atoms with Crippen LogP contribution in [0.1, 0.15) is 23.6 Å². The maximum absolute atomic E-state index is 12.1. The SMILES string of the molecule is CON=C(C)c1ccc(OCc2c(Cl)cccc2N(N)C(=O)N(C)N)c(C)c1. The molecule has 2 aromatic carbocycles. The number of amides is 2. The van der Waals surface area contributed by atoms with Crippen LogP contribution in [0.5, 0.6) is 5.75 Å². The highest BCUT2D eigenvalue weighted by atomic mass is 35.5.